The van der Waals surface area contributed by atoms with E-state index in [1.54, 1.807) is 0 Å². The summed E-state index contributed by atoms with van der Waals surface area (Å²) >= 11 is 0. The zero-order valence-electron chi connectivity index (χ0n) is 38.5. The summed E-state index contributed by atoms with van der Waals surface area (Å²) in [6.07, 6.45) is 15.4. The number of aromatic nitrogens is 2. The van der Waals surface area contributed by atoms with Crippen LogP contribution in [-0.4, -0.2) is 9.13 Å². The van der Waals surface area contributed by atoms with E-state index in [4.69, 9.17) is 4.42 Å². The fraction of sp³-hybridized carbons (Fsp3) is 0.0938. The van der Waals surface area contributed by atoms with Crippen molar-refractivity contribution in [3.05, 3.63) is 229 Å². The van der Waals surface area contributed by atoms with E-state index < -0.39 is 0 Å². The van der Waals surface area contributed by atoms with Crippen LogP contribution in [0.5, 0.6) is 0 Å². The van der Waals surface area contributed by atoms with E-state index in [0.29, 0.717) is 0 Å². The van der Waals surface area contributed by atoms with Gasteiger partial charge in [0.25, 0.3) is 0 Å². The van der Waals surface area contributed by atoms with Gasteiger partial charge in [-0.3, -0.25) is 0 Å². The largest absolute Gasteiger partial charge is 0.456 e. The van der Waals surface area contributed by atoms with Gasteiger partial charge in [0.15, 0.2) is 0 Å². The molecule has 0 aliphatic heterocycles. The number of fused-ring (bicyclic) bond motifs is 8. The molecule has 3 heterocycles. The van der Waals surface area contributed by atoms with Crippen LogP contribution in [0.2, 0.25) is 0 Å². The van der Waals surface area contributed by atoms with Crippen molar-refractivity contribution < 1.29 is 4.42 Å². The van der Waals surface area contributed by atoms with Crippen LogP contribution in [0.1, 0.15) is 50.1 Å². The van der Waals surface area contributed by atoms with Crippen LogP contribution in [-0.2, 0) is 5.41 Å². The number of benzene rings is 8. The van der Waals surface area contributed by atoms with Gasteiger partial charge < -0.3 is 13.6 Å². The third-order valence-electron chi connectivity index (χ3n) is 13.9. The first kappa shape index (κ1) is 40.4. The topological polar surface area (TPSA) is 23.0 Å². The fourth-order valence-corrected chi connectivity index (χ4v) is 10.9. The van der Waals surface area contributed by atoms with Crippen LogP contribution < -0.4 is 0 Å². The molecule has 0 radical (unpaired) electrons. The van der Waals surface area contributed by atoms with Gasteiger partial charge in [-0.1, -0.05) is 147 Å². The maximum absolute atomic E-state index is 6.26. The molecule has 0 atom stereocenters. The van der Waals surface area contributed by atoms with E-state index in [0.717, 1.165) is 27.6 Å². The Hall–Kier alpha value is -8.14. The molecule has 11 aromatic rings. The Morgan fingerprint density at radius 1 is 0.463 bits per heavy atom. The first-order chi connectivity index (χ1) is 32.8. The summed E-state index contributed by atoms with van der Waals surface area (Å²) in [6.45, 7) is 11.1. The first-order valence-corrected chi connectivity index (χ1v) is 23.4. The number of nitrogens with zero attached hydrogens (tertiary/aromatic N) is 2. The van der Waals surface area contributed by atoms with Crippen molar-refractivity contribution in [3.63, 3.8) is 0 Å². The summed E-state index contributed by atoms with van der Waals surface area (Å²) in [5.41, 5.74) is 21.1. The standard InChI is InChI=1S/C64H50N2O/c1-6-8-10-21-44-40-64(4,5)57-39-49(29-31-51(44)57)65-41(3)50(18-7-2)55-37-43(28-32-59(55)65)46-34-45(42-19-11-9-12-20-42)35-47(36-46)52-24-17-26-60-63(52)54-23-13-15-25-58(54)66(60)48-30-33-62-56(38-48)53-22-14-16-27-61(53)67-62/h6-40H,1-5H3/b8-6-,18-7-,21-10-. The maximum atomic E-state index is 6.26. The lowest BCUT2D eigenvalue weighted by Gasteiger charge is -2.20. The van der Waals surface area contributed by atoms with Crippen LogP contribution in [0.15, 0.2) is 211 Å². The summed E-state index contributed by atoms with van der Waals surface area (Å²) in [7, 11) is 0. The summed E-state index contributed by atoms with van der Waals surface area (Å²) in [6, 6.07) is 62.5. The van der Waals surface area contributed by atoms with Gasteiger partial charge in [0.2, 0.25) is 0 Å². The zero-order chi connectivity index (χ0) is 45.4. The second kappa shape index (κ2) is 15.8. The Morgan fingerprint density at radius 3 is 2.00 bits per heavy atom. The van der Waals surface area contributed by atoms with Crippen LogP contribution in [0, 0.1) is 6.92 Å². The molecule has 3 aromatic heterocycles. The predicted molar refractivity (Wildman–Crippen MR) is 286 cm³/mol. The van der Waals surface area contributed by atoms with Crippen molar-refractivity contribution >= 4 is 66.3 Å². The Kier molecular flexibility index (Phi) is 9.51. The van der Waals surface area contributed by atoms with Gasteiger partial charge in [0, 0.05) is 55.0 Å². The second-order valence-electron chi connectivity index (χ2n) is 18.5. The number of allylic oxidation sites excluding steroid dienone is 7. The lowest BCUT2D eigenvalue weighted by molar-refractivity contribution is 0.669. The molecule has 0 saturated heterocycles. The molecule has 0 unspecified atom stereocenters. The quantitative estimate of drug-likeness (QED) is 0.140. The monoisotopic (exact) mass is 862 g/mol. The molecule has 0 amide bonds. The fourth-order valence-electron chi connectivity index (χ4n) is 10.9. The summed E-state index contributed by atoms with van der Waals surface area (Å²) in [5, 5.41) is 5.93. The minimum absolute atomic E-state index is 0.0816. The van der Waals surface area contributed by atoms with Gasteiger partial charge in [-0.2, -0.15) is 0 Å². The van der Waals surface area contributed by atoms with E-state index in [1.165, 1.54) is 99.7 Å². The Bertz CT molecular complexity index is 3910. The summed E-state index contributed by atoms with van der Waals surface area (Å²) < 4.78 is 11.1. The molecule has 3 heteroatoms. The van der Waals surface area contributed by atoms with Gasteiger partial charge in [0.1, 0.15) is 11.2 Å². The summed E-state index contributed by atoms with van der Waals surface area (Å²) in [4.78, 5) is 0. The van der Waals surface area contributed by atoms with Gasteiger partial charge in [-0.15, -0.1) is 0 Å². The molecule has 0 bridgehead atoms. The highest BCUT2D eigenvalue weighted by atomic mass is 16.3. The minimum Gasteiger partial charge on any atom is -0.456 e. The molecule has 0 N–H and O–H groups in total. The molecule has 322 valence electrons. The molecular formula is C64H50N2O. The summed E-state index contributed by atoms with van der Waals surface area (Å²) in [5.74, 6) is 0. The van der Waals surface area contributed by atoms with Crippen molar-refractivity contribution in [1.29, 1.82) is 0 Å². The molecule has 1 aliphatic carbocycles. The molecule has 3 nitrogen and oxygen atoms in total. The Morgan fingerprint density at radius 2 is 1.16 bits per heavy atom. The molecule has 12 rings (SSSR count). The van der Waals surface area contributed by atoms with Gasteiger partial charge >= 0.3 is 0 Å². The van der Waals surface area contributed by atoms with E-state index in [2.05, 4.69) is 244 Å². The number of hydrogen-bond donors (Lipinski definition) is 0. The van der Waals surface area contributed by atoms with Crippen LogP contribution >= 0.6 is 0 Å². The average molecular weight is 863 g/mol. The molecule has 8 aromatic carbocycles. The molecule has 0 fully saturated rings. The normalized spacial score (nSPS) is 13.8. The van der Waals surface area contributed by atoms with Gasteiger partial charge in [-0.05, 0) is 150 Å². The predicted octanol–water partition coefficient (Wildman–Crippen LogP) is 17.8. The molecule has 1 aliphatic rings. The van der Waals surface area contributed by atoms with Gasteiger partial charge in [0.05, 0.1) is 16.6 Å². The highest BCUT2D eigenvalue weighted by molar-refractivity contribution is 6.16. The van der Waals surface area contributed by atoms with Crippen LogP contribution in [0.4, 0.5) is 0 Å². The third-order valence-corrected chi connectivity index (χ3v) is 13.9. The van der Waals surface area contributed by atoms with Crippen LogP contribution in [0.25, 0.3) is 111 Å². The highest BCUT2D eigenvalue weighted by Crippen LogP contribution is 2.45. The Labute approximate surface area is 391 Å². The van der Waals surface area contributed by atoms with Crippen molar-refractivity contribution in [2.45, 2.75) is 40.0 Å². The van der Waals surface area contributed by atoms with E-state index >= 15 is 0 Å². The Balaban J connectivity index is 1.03. The number of furan rings is 1. The first-order valence-electron chi connectivity index (χ1n) is 23.4. The third kappa shape index (κ3) is 6.56. The lowest BCUT2D eigenvalue weighted by atomic mass is 9.87. The molecule has 0 spiro atoms. The minimum atomic E-state index is -0.0816. The number of hydrogen-bond acceptors (Lipinski definition) is 1. The lowest BCUT2D eigenvalue weighted by Crippen LogP contribution is -2.11. The number of para-hydroxylation sites is 2. The molecule has 0 saturated carbocycles. The van der Waals surface area contributed by atoms with Gasteiger partial charge in [-0.25, -0.2) is 0 Å². The van der Waals surface area contributed by atoms with Crippen molar-refractivity contribution in [1.82, 2.24) is 9.13 Å². The van der Waals surface area contributed by atoms with Crippen molar-refractivity contribution in [2.24, 2.45) is 0 Å². The smallest absolute Gasteiger partial charge is 0.135 e. The van der Waals surface area contributed by atoms with E-state index in [-0.39, 0.29) is 5.41 Å². The van der Waals surface area contributed by atoms with E-state index in [1.807, 2.05) is 12.1 Å². The SMILES string of the molecule is C/C=C\C=C/C1=CC(C)(C)c2cc(-n3c(C)c(/C=C\C)c4cc(-c5cc(-c6ccccc6)cc(-c6cccc7c6c6ccccc6n7-c6ccc7oc8ccccc8c7c6)c5)ccc43)ccc21. The number of rotatable bonds is 8. The highest BCUT2D eigenvalue weighted by Gasteiger charge is 2.30. The van der Waals surface area contributed by atoms with E-state index in [9.17, 15) is 0 Å². The molecule has 67 heavy (non-hydrogen) atoms. The van der Waals surface area contributed by atoms with Crippen molar-refractivity contribution in [3.8, 4) is 44.8 Å². The van der Waals surface area contributed by atoms with Crippen LogP contribution in [0.3, 0.4) is 0 Å². The second-order valence-corrected chi connectivity index (χ2v) is 18.5. The maximum Gasteiger partial charge on any atom is 0.135 e. The zero-order valence-corrected chi connectivity index (χ0v) is 38.5. The van der Waals surface area contributed by atoms with Crippen molar-refractivity contribution in [2.75, 3.05) is 0 Å². The molecular weight excluding hydrogens is 813 g/mol. The average Bonchev–Trinajstić information content (AvgIpc) is 4.06.